The molecule has 1 nitrogen and oxygen atoms in total. The van der Waals surface area contributed by atoms with Gasteiger partial charge in [0, 0.05) is 22.1 Å². The Bertz CT molecular complexity index is 77.1. The van der Waals surface area contributed by atoms with E-state index in [1.807, 2.05) is 0 Å². The van der Waals surface area contributed by atoms with E-state index in [1.165, 1.54) is 29.5 Å². The van der Waals surface area contributed by atoms with Crippen molar-refractivity contribution in [1.29, 1.82) is 0 Å². The van der Waals surface area contributed by atoms with Gasteiger partial charge in [0.25, 0.3) is 0 Å². The van der Waals surface area contributed by atoms with Crippen molar-refractivity contribution in [3.63, 3.8) is 0 Å². The van der Waals surface area contributed by atoms with Gasteiger partial charge in [-0.15, -0.1) is 0 Å². The van der Waals surface area contributed by atoms with E-state index in [1.54, 1.807) is 0 Å². The van der Waals surface area contributed by atoms with E-state index in [0.29, 0.717) is 5.22 Å². The van der Waals surface area contributed by atoms with Crippen LogP contribution in [0.15, 0.2) is 0 Å². The van der Waals surface area contributed by atoms with E-state index in [2.05, 4.69) is 6.92 Å². The first-order chi connectivity index (χ1) is 3.71. The summed E-state index contributed by atoms with van der Waals surface area (Å²) in [6.45, 7) is 3.22. The summed E-state index contributed by atoms with van der Waals surface area (Å²) in [5.74, 6) is 0. The standard InChI is InChI=1S/C6H14OSi.K.H/c1-6(8)4-2-3-5-7-6;;/h2-5H2,1,8H3;;. The summed E-state index contributed by atoms with van der Waals surface area (Å²) in [6.07, 6.45) is 3.94. The van der Waals surface area contributed by atoms with Crippen LogP contribution in [-0.2, 0) is 4.74 Å². The van der Waals surface area contributed by atoms with Gasteiger partial charge in [-0.3, -0.25) is 0 Å². The molecule has 3 heteroatoms. The number of ether oxygens (including phenoxy) is 1. The summed E-state index contributed by atoms with van der Waals surface area (Å²) in [5, 5.41) is 0.318. The van der Waals surface area contributed by atoms with Crippen LogP contribution in [0, 0.1) is 0 Å². The molecule has 0 N–H and O–H groups in total. The average Bonchev–Trinajstić information content (AvgIpc) is 1.65. The second-order valence-electron chi connectivity index (χ2n) is 3.07. The quantitative estimate of drug-likeness (QED) is 0.450. The van der Waals surface area contributed by atoms with Crippen LogP contribution in [0.4, 0.5) is 0 Å². The molecule has 1 unspecified atom stereocenters. The van der Waals surface area contributed by atoms with Gasteiger partial charge in [0.1, 0.15) is 0 Å². The minimum absolute atomic E-state index is 0. The molecule has 1 saturated heterocycles. The fourth-order valence-corrected chi connectivity index (χ4v) is 1.63. The van der Waals surface area contributed by atoms with Gasteiger partial charge in [0.2, 0.25) is 0 Å². The van der Waals surface area contributed by atoms with Gasteiger partial charge in [0.05, 0.1) is 0 Å². The summed E-state index contributed by atoms with van der Waals surface area (Å²) < 4.78 is 5.53. The van der Waals surface area contributed by atoms with Crippen LogP contribution in [0.2, 0.25) is 0 Å². The van der Waals surface area contributed by atoms with Crippen LogP contribution >= 0.6 is 0 Å². The van der Waals surface area contributed by atoms with Gasteiger partial charge >= 0.3 is 51.4 Å². The van der Waals surface area contributed by atoms with Gasteiger partial charge in [-0.25, -0.2) is 0 Å². The first kappa shape index (κ1) is 10.8. The summed E-state index contributed by atoms with van der Waals surface area (Å²) in [7, 11) is 1.19. The summed E-state index contributed by atoms with van der Waals surface area (Å²) in [4.78, 5) is 0. The number of hydrogen-bond donors (Lipinski definition) is 0. The molecule has 0 aromatic heterocycles. The minimum atomic E-state index is 0. The SMILES string of the molecule is CC1([SiH3])CCCCO1.[KH]. The molecule has 0 aromatic rings. The normalized spacial score (nSPS) is 35.7. The van der Waals surface area contributed by atoms with Crippen LogP contribution in [-0.4, -0.2) is 73.5 Å². The van der Waals surface area contributed by atoms with Crippen molar-refractivity contribution < 1.29 is 4.74 Å². The molecule has 0 saturated carbocycles. The average molecular weight is 170 g/mol. The number of rotatable bonds is 0. The van der Waals surface area contributed by atoms with Gasteiger partial charge in [-0.1, -0.05) is 0 Å². The molecule has 0 amide bonds. The van der Waals surface area contributed by atoms with E-state index in [9.17, 15) is 0 Å². The third kappa shape index (κ3) is 4.29. The van der Waals surface area contributed by atoms with Crippen molar-refractivity contribution in [3.8, 4) is 0 Å². The molecule has 1 heterocycles. The predicted octanol–water partition coefficient (Wildman–Crippen LogP) is -0.380. The molecule has 1 fully saturated rings. The summed E-state index contributed by atoms with van der Waals surface area (Å²) in [5.41, 5.74) is 0. The van der Waals surface area contributed by atoms with Crippen molar-refractivity contribution >= 4 is 61.6 Å². The molecule has 0 spiro atoms. The third-order valence-electron chi connectivity index (χ3n) is 1.67. The molecule has 0 aromatic carbocycles. The fourth-order valence-electron chi connectivity index (χ4n) is 1.07. The molecule has 9 heavy (non-hydrogen) atoms. The van der Waals surface area contributed by atoms with E-state index in [4.69, 9.17) is 4.74 Å². The first-order valence-corrected chi connectivity index (χ1v) is 4.35. The van der Waals surface area contributed by atoms with Crippen LogP contribution in [0.5, 0.6) is 0 Å². The predicted molar refractivity (Wildman–Crippen MR) is 45.3 cm³/mol. The maximum atomic E-state index is 5.53. The summed E-state index contributed by atoms with van der Waals surface area (Å²) >= 11 is 0. The van der Waals surface area contributed by atoms with Gasteiger partial charge in [-0.2, -0.15) is 0 Å². The Morgan fingerprint density at radius 2 is 2.11 bits per heavy atom. The molecule has 50 valence electrons. The molecule has 1 atom stereocenters. The third-order valence-corrected chi connectivity index (χ3v) is 2.45. The van der Waals surface area contributed by atoms with Crippen LogP contribution in [0.25, 0.3) is 0 Å². The Morgan fingerprint density at radius 3 is 2.33 bits per heavy atom. The molecule has 1 rings (SSSR count). The Morgan fingerprint density at radius 1 is 1.44 bits per heavy atom. The van der Waals surface area contributed by atoms with Crippen LogP contribution in [0.3, 0.4) is 0 Å². The molecular weight excluding hydrogens is 155 g/mol. The monoisotopic (exact) mass is 170 g/mol. The zero-order valence-electron chi connectivity index (χ0n) is 5.74. The molecule has 1 aliphatic rings. The maximum absolute atomic E-state index is 5.53. The Hall–Kier alpha value is 1.81. The molecule has 1 aliphatic heterocycles. The van der Waals surface area contributed by atoms with Crippen molar-refractivity contribution in [2.24, 2.45) is 0 Å². The van der Waals surface area contributed by atoms with Gasteiger partial charge in [0.15, 0.2) is 0 Å². The zero-order chi connectivity index (χ0) is 6.04. The fraction of sp³-hybridized carbons (Fsp3) is 1.00. The van der Waals surface area contributed by atoms with Gasteiger partial charge < -0.3 is 4.74 Å². The van der Waals surface area contributed by atoms with E-state index < -0.39 is 0 Å². The van der Waals surface area contributed by atoms with E-state index >= 15 is 0 Å². The number of hydrogen-bond acceptors (Lipinski definition) is 1. The Kier molecular flexibility index (Phi) is 5.58. The Labute approximate surface area is 103 Å². The molecule has 0 radical (unpaired) electrons. The zero-order valence-corrected chi connectivity index (χ0v) is 7.74. The van der Waals surface area contributed by atoms with E-state index in [0.717, 1.165) is 6.61 Å². The van der Waals surface area contributed by atoms with Crippen LogP contribution < -0.4 is 0 Å². The first-order valence-electron chi connectivity index (χ1n) is 3.35. The second-order valence-corrected chi connectivity index (χ2v) is 5.18. The second kappa shape index (κ2) is 4.64. The van der Waals surface area contributed by atoms with Crippen molar-refractivity contribution in [3.05, 3.63) is 0 Å². The van der Waals surface area contributed by atoms with Gasteiger partial charge in [-0.05, 0) is 26.2 Å². The van der Waals surface area contributed by atoms with Crippen molar-refractivity contribution in [1.82, 2.24) is 0 Å². The van der Waals surface area contributed by atoms with Crippen molar-refractivity contribution in [2.45, 2.75) is 31.4 Å². The summed E-state index contributed by atoms with van der Waals surface area (Å²) in [6, 6.07) is 0. The molecular formula is C6H15KOSi. The van der Waals surface area contributed by atoms with E-state index in [-0.39, 0.29) is 51.4 Å². The molecule has 0 bridgehead atoms. The van der Waals surface area contributed by atoms with Crippen LogP contribution in [0.1, 0.15) is 26.2 Å². The topological polar surface area (TPSA) is 9.23 Å². The van der Waals surface area contributed by atoms with Crippen molar-refractivity contribution in [2.75, 3.05) is 6.61 Å². The molecule has 0 aliphatic carbocycles. The Balaban J connectivity index is 0.000000640.